The van der Waals surface area contributed by atoms with Crippen molar-refractivity contribution < 1.29 is 4.74 Å². The van der Waals surface area contributed by atoms with Crippen molar-refractivity contribution in [2.45, 2.75) is 0 Å². The van der Waals surface area contributed by atoms with E-state index in [0.717, 1.165) is 5.46 Å². The van der Waals surface area contributed by atoms with Crippen molar-refractivity contribution in [1.29, 1.82) is 0 Å². The van der Waals surface area contributed by atoms with Gasteiger partial charge in [0, 0.05) is 6.20 Å². The molecule has 0 amide bonds. The highest BCUT2D eigenvalue weighted by Gasteiger charge is 1.97. The van der Waals surface area contributed by atoms with Crippen molar-refractivity contribution in [2.75, 3.05) is 7.11 Å². The molecule has 4 heteroatoms. The summed E-state index contributed by atoms with van der Waals surface area (Å²) >= 11 is 5.66. The number of pyridine rings is 1. The zero-order chi connectivity index (χ0) is 7.56. The maximum atomic E-state index is 5.66. The van der Waals surface area contributed by atoms with Gasteiger partial charge in [-0.3, -0.25) is 0 Å². The number of hydrogen-bond donors (Lipinski definition) is 0. The summed E-state index contributed by atoms with van der Waals surface area (Å²) in [7, 11) is 3.49. The van der Waals surface area contributed by atoms with Crippen LogP contribution in [0, 0.1) is 0 Å². The molecule has 10 heavy (non-hydrogen) atoms. The van der Waals surface area contributed by atoms with E-state index in [9.17, 15) is 0 Å². The number of ether oxygens (including phenoxy) is 1. The Kier molecular flexibility index (Phi) is 2.17. The van der Waals surface area contributed by atoms with Crippen molar-refractivity contribution in [1.82, 2.24) is 4.98 Å². The molecular weight excluding hydrogens is 148 g/mol. The second-order valence-corrected chi connectivity index (χ2v) is 2.42. The van der Waals surface area contributed by atoms with Gasteiger partial charge in [-0.1, -0.05) is 11.6 Å². The fourth-order valence-corrected chi connectivity index (χ4v) is 0.954. The van der Waals surface area contributed by atoms with Crippen LogP contribution < -0.4 is 10.2 Å². The summed E-state index contributed by atoms with van der Waals surface area (Å²) in [5, 5.41) is 0.637. The van der Waals surface area contributed by atoms with Crippen LogP contribution in [-0.2, 0) is 0 Å². The molecule has 0 atom stereocenters. The van der Waals surface area contributed by atoms with Gasteiger partial charge in [-0.25, -0.2) is 4.98 Å². The molecule has 0 saturated heterocycles. The lowest BCUT2D eigenvalue weighted by Gasteiger charge is -2.01. The Morgan fingerprint density at radius 2 is 2.40 bits per heavy atom. The first kappa shape index (κ1) is 7.41. The molecule has 1 rings (SSSR count). The van der Waals surface area contributed by atoms with Gasteiger partial charge in [-0.05, 0) is 11.5 Å². The third kappa shape index (κ3) is 1.42. The van der Waals surface area contributed by atoms with Crippen LogP contribution in [-0.4, -0.2) is 19.9 Å². The van der Waals surface area contributed by atoms with Crippen LogP contribution in [0.1, 0.15) is 0 Å². The van der Waals surface area contributed by atoms with Gasteiger partial charge in [0.2, 0.25) is 5.88 Å². The first-order valence-corrected chi connectivity index (χ1v) is 3.28. The SMILES string of the molecule is Bc1cc(Cl)cnc1OC. The molecule has 0 saturated carbocycles. The van der Waals surface area contributed by atoms with Crippen molar-refractivity contribution in [3.05, 3.63) is 17.3 Å². The van der Waals surface area contributed by atoms with E-state index < -0.39 is 0 Å². The van der Waals surface area contributed by atoms with Crippen LogP contribution in [0.3, 0.4) is 0 Å². The third-order valence-electron chi connectivity index (χ3n) is 1.19. The van der Waals surface area contributed by atoms with E-state index in [4.69, 9.17) is 16.3 Å². The van der Waals surface area contributed by atoms with Gasteiger partial charge in [-0.2, -0.15) is 0 Å². The highest BCUT2D eigenvalue weighted by molar-refractivity contribution is 6.37. The summed E-state index contributed by atoms with van der Waals surface area (Å²) in [5.74, 6) is 0.629. The van der Waals surface area contributed by atoms with E-state index in [1.807, 2.05) is 13.9 Å². The summed E-state index contributed by atoms with van der Waals surface area (Å²) in [6.07, 6.45) is 1.56. The van der Waals surface area contributed by atoms with Crippen LogP contribution in [0.25, 0.3) is 0 Å². The third-order valence-corrected chi connectivity index (χ3v) is 1.40. The summed E-state index contributed by atoms with van der Waals surface area (Å²) < 4.78 is 4.93. The Bertz CT molecular complexity index is 241. The Labute approximate surface area is 65.6 Å². The monoisotopic (exact) mass is 155 g/mol. The van der Waals surface area contributed by atoms with Gasteiger partial charge in [0.1, 0.15) is 7.85 Å². The number of aromatic nitrogens is 1. The Balaban J connectivity index is 3.07. The number of methoxy groups -OCH3 is 1. The predicted octanol–water partition coefficient (Wildman–Crippen LogP) is 0.00200. The number of rotatable bonds is 1. The first-order valence-electron chi connectivity index (χ1n) is 2.90. The Morgan fingerprint density at radius 3 is 2.90 bits per heavy atom. The van der Waals surface area contributed by atoms with Crippen molar-refractivity contribution in [3.8, 4) is 5.88 Å². The van der Waals surface area contributed by atoms with E-state index in [1.165, 1.54) is 0 Å². The lowest BCUT2D eigenvalue weighted by Crippen LogP contribution is -2.08. The van der Waals surface area contributed by atoms with Gasteiger partial charge in [-0.15, -0.1) is 0 Å². The fraction of sp³-hybridized carbons (Fsp3) is 0.167. The molecule has 2 nitrogen and oxygen atoms in total. The zero-order valence-electron chi connectivity index (χ0n) is 5.89. The maximum absolute atomic E-state index is 5.66. The Hall–Kier alpha value is -0.695. The zero-order valence-corrected chi connectivity index (χ0v) is 6.64. The van der Waals surface area contributed by atoms with Gasteiger partial charge in [0.05, 0.1) is 12.1 Å². The minimum atomic E-state index is 0.629. The average Bonchev–Trinajstić information content (AvgIpc) is 1.88. The van der Waals surface area contributed by atoms with Crippen molar-refractivity contribution in [3.63, 3.8) is 0 Å². The summed E-state index contributed by atoms with van der Waals surface area (Å²) in [6, 6.07) is 1.81. The molecule has 0 aliphatic rings. The molecule has 1 heterocycles. The van der Waals surface area contributed by atoms with Gasteiger partial charge >= 0.3 is 0 Å². The number of hydrogen-bond acceptors (Lipinski definition) is 2. The molecule has 0 unspecified atom stereocenters. The molecule has 0 radical (unpaired) electrons. The molecule has 0 aliphatic heterocycles. The second kappa shape index (κ2) is 2.93. The smallest absolute Gasteiger partial charge is 0.206 e. The molecule has 0 fully saturated rings. The fourth-order valence-electron chi connectivity index (χ4n) is 0.742. The molecule has 1 aromatic rings. The highest BCUT2D eigenvalue weighted by atomic mass is 35.5. The molecule has 0 N–H and O–H groups in total. The standard InChI is InChI=1S/C6H7BClNO/c1-10-6-5(7)2-4(8)3-9-6/h2-3H,7H2,1H3. The normalized spacial score (nSPS) is 9.40. The summed E-state index contributed by atoms with van der Waals surface area (Å²) in [6.45, 7) is 0. The average molecular weight is 155 g/mol. The van der Waals surface area contributed by atoms with Crippen LogP contribution in [0.15, 0.2) is 12.3 Å². The van der Waals surface area contributed by atoms with Crippen LogP contribution in [0.4, 0.5) is 0 Å². The van der Waals surface area contributed by atoms with Crippen molar-refractivity contribution in [2.24, 2.45) is 0 Å². The second-order valence-electron chi connectivity index (χ2n) is 1.98. The lowest BCUT2D eigenvalue weighted by molar-refractivity contribution is 0.401. The molecule has 52 valence electrons. The van der Waals surface area contributed by atoms with Crippen LogP contribution >= 0.6 is 11.6 Å². The van der Waals surface area contributed by atoms with Crippen LogP contribution in [0.5, 0.6) is 5.88 Å². The topological polar surface area (TPSA) is 22.1 Å². The van der Waals surface area contributed by atoms with Gasteiger partial charge in [0.25, 0.3) is 0 Å². The largest absolute Gasteiger partial charge is 0.481 e. The quantitative estimate of drug-likeness (QED) is 0.533. The Morgan fingerprint density at radius 1 is 1.70 bits per heavy atom. The molecule has 0 aromatic carbocycles. The van der Waals surface area contributed by atoms with E-state index in [0.29, 0.717) is 10.9 Å². The number of nitrogens with zero attached hydrogens (tertiary/aromatic N) is 1. The summed E-state index contributed by atoms with van der Waals surface area (Å²) in [4.78, 5) is 3.94. The van der Waals surface area contributed by atoms with E-state index in [-0.39, 0.29) is 0 Å². The van der Waals surface area contributed by atoms with E-state index in [2.05, 4.69) is 4.98 Å². The molecule has 0 bridgehead atoms. The lowest BCUT2D eigenvalue weighted by atomic mass is 9.98. The maximum Gasteiger partial charge on any atom is 0.206 e. The first-order chi connectivity index (χ1) is 4.74. The van der Waals surface area contributed by atoms with Crippen LogP contribution in [0.2, 0.25) is 5.02 Å². The van der Waals surface area contributed by atoms with Crippen molar-refractivity contribution >= 4 is 24.9 Å². The molecule has 1 aromatic heterocycles. The minimum absolute atomic E-state index is 0.629. The number of halogens is 1. The van der Waals surface area contributed by atoms with Gasteiger partial charge < -0.3 is 4.74 Å². The predicted molar refractivity (Wildman–Crippen MR) is 44.0 cm³/mol. The van der Waals surface area contributed by atoms with E-state index >= 15 is 0 Å². The summed E-state index contributed by atoms with van der Waals surface area (Å²) in [5.41, 5.74) is 0.954. The molecule has 0 spiro atoms. The van der Waals surface area contributed by atoms with Gasteiger partial charge in [0.15, 0.2) is 0 Å². The molecular formula is C6H7BClNO. The molecule has 0 aliphatic carbocycles. The van der Waals surface area contributed by atoms with E-state index in [1.54, 1.807) is 13.3 Å². The minimum Gasteiger partial charge on any atom is -0.481 e. The highest BCUT2D eigenvalue weighted by Crippen LogP contribution is 2.07.